The van der Waals surface area contributed by atoms with Crippen LogP contribution in [0, 0.1) is 18.3 Å². The maximum absolute atomic E-state index is 11.2. The van der Waals surface area contributed by atoms with Gasteiger partial charge in [0.15, 0.2) is 0 Å². The zero-order valence-electron chi connectivity index (χ0n) is 7.80. The van der Waals surface area contributed by atoms with Crippen LogP contribution in [0.3, 0.4) is 0 Å². The molecule has 0 heterocycles. The summed E-state index contributed by atoms with van der Waals surface area (Å²) in [5.74, 6) is -0.462. The molecular weight excluding hydrogens is 202 g/mol. The predicted octanol–water partition coefficient (Wildman–Crippen LogP) is 2.31. The van der Waals surface area contributed by atoms with Crippen molar-refractivity contribution in [3.63, 3.8) is 0 Å². The van der Waals surface area contributed by atoms with Crippen LogP contribution in [-0.2, 0) is 4.74 Å². The maximum Gasteiger partial charge on any atom is 0.338 e. The molecule has 0 amide bonds. The van der Waals surface area contributed by atoms with Crippen molar-refractivity contribution in [2.75, 3.05) is 7.11 Å². The smallest absolute Gasteiger partial charge is 0.338 e. The molecule has 0 aliphatic heterocycles. The van der Waals surface area contributed by atoms with Crippen LogP contribution in [0.25, 0.3) is 0 Å². The number of nitriles is 1. The van der Waals surface area contributed by atoms with Crippen LogP contribution in [0.15, 0.2) is 12.1 Å². The van der Waals surface area contributed by atoms with Crippen LogP contribution in [-0.4, -0.2) is 13.1 Å². The first-order chi connectivity index (χ1) is 6.60. The van der Waals surface area contributed by atoms with E-state index in [9.17, 15) is 4.79 Å². The van der Waals surface area contributed by atoms with Crippen molar-refractivity contribution < 1.29 is 9.53 Å². The number of esters is 1. The second-order valence-corrected chi connectivity index (χ2v) is 3.16. The number of aryl methyl sites for hydroxylation is 1. The quantitative estimate of drug-likeness (QED) is 0.667. The summed E-state index contributed by atoms with van der Waals surface area (Å²) in [6, 6.07) is 4.91. The first-order valence-electron chi connectivity index (χ1n) is 3.88. The van der Waals surface area contributed by atoms with Crippen LogP contribution in [0.1, 0.15) is 21.5 Å². The van der Waals surface area contributed by atoms with Gasteiger partial charge in [0.25, 0.3) is 0 Å². The lowest BCUT2D eigenvalue weighted by molar-refractivity contribution is 0.0600. The van der Waals surface area contributed by atoms with E-state index in [0.29, 0.717) is 16.1 Å². The van der Waals surface area contributed by atoms with Gasteiger partial charge in [-0.05, 0) is 24.6 Å². The van der Waals surface area contributed by atoms with Crippen molar-refractivity contribution >= 4 is 17.6 Å². The van der Waals surface area contributed by atoms with Crippen molar-refractivity contribution in [2.24, 2.45) is 0 Å². The number of methoxy groups -OCH3 is 1. The minimum absolute atomic E-state index is 0.276. The van der Waals surface area contributed by atoms with Crippen molar-refractivity contribution in [3.05, 3.63) is 33.8 Å². The highest BCUT2D eigenvalue weighted by Crippen LogP contribution is 2.20. The third-order valence-electron chi connectivity index (χ3n) is 1.84. The number of rotatable bonds is 1. The third kappa shape index (κ3) is 1.86. The summed E-state index contributed by atoms with van der Waals surface area (Å²) < 4.78 is 4.57. The van der Waals surface area contributed by atoms with E-state index in [1.807, 2.05) is 6.07 Å². The Labute approximate surface area is 86.9 Å². The number of hydrogen-bond donors (Lipinski definition) is 0. The summed E-state index contributed by atoms with van der Waals surface area (Å²) in [5.41, 5.74) is 1.34. The van der Waals surface area contributed by atoms with Crippen molar-refractivity contribution in [1.82, 2.24) is 0 Å². The zero-order valence-corrected chi connectivity index (χ0v) is 8.55. The van der Waals surface area contributed by atoms with Gasteiger partial charge in [-0.3, -0.25) is 0 Å². The summed E-state index contributed by atoms with van der Waals surface area (Å²) in [6.07, 6.45) is 0. The van der Waals surface area contributed by atoms with Crippen LogP contribution < -0.4 is 0 Å². The molecule has 0 radical (unpaired) electrons. The SMILES string of the molecule is COC(=O)c1cc(C#N)c(Cl)cc1C. The second kappa shape index (κ2) is 4.12. The van der Waals surface area contributed by atoms with Gasteiger partial charge in [0.1, 0.15) is 6.07 Å². The van der Waals surface area contributed by atoms with Crippen molar-refractivity contribution in [1.29, 1.82) is 5.26 Å². The number of halogens is 1. The van der Waals surface area contributed by atoms with Crippen LogP contribution in [0.4, 0.5) is 0 Å². The Balaban J connectivity index is 3.33. The highest BCUT2D eigenvalue weighted by molar-refractivity contribution is 6.32. The molecule has 3 nitrogen and oxygen atoms in total. The molecule has 0 spiro atoms. The van der Waals surface area contributed by atoms with Gasteiger partial charge in [-0.15, -0.1) is 0 Å². The molecule has 0 aromatic heterocycles. The lowest BCUT2D eigenvalue weighted by Crippen LogP contribution is -2.04. The van der Waals surface area contributed by atoms with Crippen LogP contribution in [0.5, 0.6) is 0 Å². The van der Waals surface area contributed by atoms with E-state index in [4.69, 9.17) is 16.9 Å². The third-order valence-corrected chi connectivity index (χ3v) is 2.15. The molecule has 0 fully saturated rings. The summed E-state index contributed by atoms with van der Waals surface area (Å²) in [4.78, 5) is 11.2. The Morgan fingerprint density at radius 2 is 2.21 bits per heavy atom. The molecule has 72 valence electrons. The molecule has 0 saturated carbocycles. The number of hydrogen-bond acceptors (Lipinski definition) is 3. The van der Waals surface area contributed by atoms with Crippen LogP contribution >= 0.6 is 11.6 Å². The number of carbonyl (C=O) groups is 1. The second-order valence-electron chi connectivity index (χ2n) is 2.75. The normalized spacial score (nSPS) is 9.29. The Morgan fingerprint density at radius 1 is 1.57 bits per heavy atom. The standard InChI is InChI=1S/C10H8ClNO2/c1-6-3-9(11)7(5-12)4-8(6)10(13)14-2/h3-4H,1-2H3. The Morgan fingerprint density at radius 3 is 2.71 bits per heavy atom. The Kier molecular flexibility index (Phi) is 3.10. The minimum Gasteiger partial charge on any atom is -0.465 e. The van der Waals surface area contributed by atoms with E-state index in [0.717, 1.165) is 0 Å². The predicted molar refractivity (Wildman–Crippen MR) is 52.2 cm³/mol. The van der Waals surface area contributed by atoms with E-state index < -0.39 is 5.97 Å². The van der Waals surface area contributed by atoms with Gasteiger partial charge in [-0.2, -0.15) is 5.26 Å². The van der Waals surface area contributed by atoms with Gasteiger partial charge in [0.05, 0.1) is 23.3 Å². The first kappa shape index (κ1) is 10.6. The Hall–Kier alpha value is -1.53. The van der Waals surface area contributed by atoms with Gasteiger partial charge in [0.2, 0.25) is 0 Å². The largest absolute Gasteiger partial charge is 0.465 e. The topological polar surface area (TPSA) is 50.1 Å². The molecule has 14 heavy (non-hydrogen) atoms. The number of nitrogens with zero attached hydrogens (tertiary/aromatic N) is 1. The van der Waals surface area contributed by atoms with E-state index >= 15 is 0 Å². The van der Waals surface area contributed by atoms with E-state index in [2.05, 4.69) is 4.74 Å². The van der Waals surface area contributed by atoms with E-state index in [1.54, 1.807) is 13.0 Å². The molecule has 4 heteroatoms. The Bertz CT molecular complexity index is 421. The fraction of sp³-hybridized carbons (Fsp3) is 0.200. The maximum atomic E-state index is 11.2. The fourth-order valence-electron chi connectivity index (χ4n) is 1.09. The average Bonchev–Trinajstić information content (AvgIpc) is 2.17. The molecule has 1 rings (SSSR count). The molecule has 1 aromatic carbocycles. The highest BCUT2D eigenvalue weighted by Gasteiger charge is 2.12. The van der Waals surface area contributed by atoms with Gasteiger partial charge < -0.3 is 4.74 Å². The van der Waals surface area contributed by atoms with E-state index in [1.165, 1.54) is 13.2 Å². The molecule has 0 aliphatic carbocycles. The summed E-state index contributed by atoms with van der Waals surface area (Å²) in [7, 11) is 1.29. The minimum atomic E-state index is -0.462. The van der Waals surface area contributed by atoms with Crippen LogP contribution in [0.2, 0.25) is 5.02 Å². The van der Waals surface area contributed by atoms with E-state index in [-0.39, 0.29) is 5.56 Å². The zero-order chi connectivity index (χ0) is 10.7. The molecule has 0 aliphatic rings. The summed E-state index contributed by atoms with van der Waals surface area (Å²) in [6.45, 7) is 1.74. The lowest BCUT2D eigenvalue weighted by atomic mass is 10.1. The molecule has 0 saturated heterocycles. The lowest BCUT2D eigenvalue weighted by Gasteiger charge is -2.04. The molecule has 0 bridgehead atoms. The van der Waals surface area contributed by atoms with Gasteiger partial charge in [-0.25, -0.2) is 4.79 Å². The van der Waals surface area contributed by atoms with Gasteiger partial charge >= 0.3 is 5.97 Å². The molecular formula is C10H8ClNO2. The monoisotopic (exact) mass is 209 g/mol. The molecule has 1 aromatic rings. The highest BCUT2D eigenvalue weighted by atomic mass is 35.5. The number of carbonyl (C=O) groups excluding carboxylic acids is 1. The van der Waals surface area contributed by atoms with Gasteiger partial charge in [0, 0.05) is 0 Å². The van der Waals surface area contributed by atoms with Gasteiger partial charge in [-0.1, -0.05) is 11.6 Å². The van der Waals surface area contributed by atoms with Crippen molar-refractivity contribution in [3.8, 4) is 6.07 Å². The first-order valence-corrected chi connectivity index (χ1v) is 4.26. The fourth-order valence-corrected chi connectivity index (χ4v) is 1.35. The molecule has 0 N–H and O–H groups in total. The number of benzene rings is 1. The summed E-state index contributed by atoms with van der Waals surface area (Å²) >= 11 is 5.77. The average molecular weight is 210 g/mol. The van der Waals surface area contributed by atoms with Crippen molar-refractivity contribution in [2.45, 2.75) is 6.92 Å². The number of ether oxygens (including phenoxy) is 1. The molecule has 0 unspecified atom stereocenters. The summed E-state index contributed by atoms with van der Waals surface area (Å²) in [5, 5.41) is 9.05. The molecule has 0 atom stereocenters.